The number of amides is 1. The Morgan fingerprint density at radius 2 is 1.81 bits per heavy atom. The van der Waals surface area contributed by atoms with Crippen molar-refractivity contribution >= 4 is 11.9 Å². The molecule has 0 atom stereocenters. The largest absolute Gasteiger partial charge is 0.481 e. The van der Waals surface area contributed by atoms with Gasteiger partial charge in [0.2, 0.25) is 5.91 Å². The summed E-state index contributed by atoms with van der Waals surface area (Å²) >= 11 is 0. The fourth-order valence-corrected chi connectivity index (χ4v) is 2.92. The summed E-state index contributed by atoms with van der Waals surface area (Å²) in [6.45, 7) is 3.13. The molecule has 0 bridgehead atoms. The Balaban J connectivity index is 2.30. The molecule has 1 saturated carbocycles. The number of nitrogens with two attached hydrogens (primary N) is 1. The Morgan fingerprint density at radius 3 is 2.38 bits per heavy atom. The van der Waals surface area contributed by atoms with Crippen molar-refractivity contribution in [1.29, 1.82) is 0 Å². The van der Waals surface area contributed by atoms with Gasteiger partial charge in [-0.2, -0.15) is 0 Å². The second-order valence-corrected chi connectivity index (χ2v) is 6.50. The molecule has 0 aromatic carbocycles. The lowest BCUT2D eigenvalue weighted by atomic mass is 9.71. The number of carbonyl (C=O) groups excluding carboxylic acids is 1. The molecule has 21 heavy (non-hydrogen) atoms. The fourth-order valence-electron chi connectivity index (χ4n) is 2.92. The molecule has 0 heterocycles. The number of carbonyl (C=O) groups is 2. The Kier molecular flexibility index (Phi) is 7.72. The van der Waals surface area contributed by atoms with Crippen LogP contribution in [0.25, 0.3) is 0 Å². The molecule has 0 aliphatic heterocycles. The Morgan fingerprint density at radius 1 is 1.19 bits per heavy atom. The zero-order valence-corrected chi connectivity index (χ0v) is 13.2. The van der Waals surface area contributed by atoms with Crippen LogP contribution >= 0.6 is 0 Å². The Bertz CT molecular complexity index is 336. The standard InChI is InChI=1S/C16H30N2O3/c1-13-7-9-16(10-8-13,15(20)21)12-18-14(19)6-4-2-3-5-11-17/h13H,2-12,17H2,1H3,(H,18,19)(H,20,21). The molecule has 0 unspecified atom stereocenters. The molecule has 122 valence electrons. The summed E-state index contributed by atoms with van der Waals surface area (Å²) in [5.41, 5.74) is 4.67. The van der Waals surface area contributed by atoms with Crippen LogP contribution in [0.2, 0.25) is 0 Å². The molecular weight excluding hydrogens is 268 g/mol. The van der Waals surface area contributed by atoms with Gasteiger partial charge in [0.25, 0.3) is 0 Å². The molecule has 5 heteroatoms. The molecule has 0 aromatic rings. The highest BCUT2D eigenvalue weighted by Gasteiger charge is 2.41. The molecule has 4 N–H and O–H groups in total. The Labute approximate surface area is 127 Å². The maximum atomic E-state index is 11.8. The van der Waals surface area contributed by atoms with E-state index in [0.29, 0.717) is 31.7 Å². The first-order valence-electron chi connectivity index (χ1n) is 8.20. The second kappa shape index (κ2) is 9.03. The molecule has 0 spiro atoms. The van der Waals surface area contributed by atoms with Gasteiger partial charge in [-0.1, -0.05) is 19.8 Å². The number of unbranched alkanes of at least 4 members (excludes halogenated alkanes) is 3. The van der Waals surface area contributed by atoms with Crippen molar-refractivity contribution in [1.82, 2.24) is 5.32 Å². The minimum atomic E-state index is -0.766. The van der Waals surface area contributed by atoms with Gasteiger partial charge in [-0.05, 0) is 51.0 Å². The highest BCUT2D eigenvalue weighted by Crippen LogP contribution is 2.38. The van der Waals surface area contributed by atoms with E-state index in [1.807, 2.05) is 0 Å². The summed E-state index contributed by atoms with van der Waals surface area (Å²) in [6.07, 6.45) is 7.59. The van der Waals surface area contributed by atoms with E-state index in [1.165, 1.54) is 0 Å². The third-order valence-corrected chi connectivity index (χ3v) is 4.67. The van der Waals surface area contributed by atoms with Crippen molar-refractivity contribution in [2.24, 2.45) is 17.1 Å². The number of carboxylic acids is 1. The first-order valence-corrected chi connectivity index (χ1v) is 8.20. The molecule has 0 radical (unpaired) electrons. The predicted molar refractivity (Wildman–Crippen MR) is 82.8 cm³/mol. The summed E-state index contributed by atoms with van der Waals surface area (Å²) in [4.78, 5) is 23.4. The van der Waals surface area contributed by atoms with Gasteiger partial charge in [0, 0.05) is 13.0 Å². The predicted octanol–water partition coefficient (Wildman–Crippen LogP) is 2.29. The van der Waals surface area contributed by atoms with Gasteiger partial charge >= 0.3 is 5.97 Å². The van der Waals surface area contributed by atoms with Gasteiger partial charge in [0.1, 0.15) is 0 Å². The van der Waals surface area contributed by atoms with Crippen LogP contribution in [0, 0.1) is 11.3 Å². The smallest absolute Gasteiger partial charge is 0.311 e. The molecule has 5 nitrogen and oxygen atoms in total. The second-order valence-electron chi connectivity index (χ2n) is 6.50. The molecule has 1 aliphatic rings. The van der Waals surface area contributed by atoms with Crippen molar-refractivity contribution in [2.45, 2.75) is 64.7 Å². The number of hydrogen-bond acceptors (Lipinski definition) is 3. The number of aliphatic carboxylic acids is 1. The van der Waals surface area contributed by atoms with Crippen LogP contribution in [-0.2, 0) is 9.59 Å². The van der Waals surface area contributed by atoms with Gasteiger partial charge in [0.15, 0.2) is 0 Å². The molecule has 0 aromatic heterocycles. The number of rotatable bonds is 9. The SMILES string of the molecule is CC1CCC(CNC(=O)CCCCCCN)(C(=O)O)CC1. The average Bonchev–Trinajstić information content (AvgIpc) is 2.46. The van der Waals surface area contributed by atoms with Crippen molar-refractivity contribution in [3.8, 4) is 0 Å². The van der Waals surface area contributed by atoms with Crippen LogP contribution in [0.1, 0.15) is 64.7 Å². The zero-order valence-electron chi connectivity index (χ0n) is 13.2. The molecule has 1 aliphatic carbocycles. The quantitative estimate of drug-likeness (QED) is 0.569. The first-order chi connectivity index (χ1) is 10.00. The highest BCUT2D eigenvalue weighted by atomic mass is 16.4. The number of carboxylic acid groups (broad SMARTS) is 1. The van der Waals surface area contributed by atoms with Crippen LogP contribution in [-0.4, -0.2) is 30.1 Å². The molecular formula is C16H30N2O3. The van der Waals surface area contributed by atoms with Gasteiger partial charge in [-0.25, -0.2) is 0 Å². The van der Waals surface area contributed by atoms with Crippen molar-refractivity contribution in [3.05, 3.63) is 0 Å². The number of hydrogen-bond donors (Lipinski definition) is 3. The van der Waals surface area contributed by atoms with Crippen molar-refractivity contribution < 1.29 is 14.7 Å². The van der Waals surface area contributed by atoms with Crippen LogP contribution in [0.5, 0.6) is 0 Å². The fraction of sp³-hybridized carbons (Fsp3) is 0.875. The van der Waals surface area contributed by atoms with E-state index in [9.17, 15) is 14.7 Å². The van der Waals surface area contributed by atoms with Crippen LogP contribution < -0.4 is 11.1 Å². The molecule has 1 amide bonds. The topological polar surface area (TPSA) is 92.4 Å². The molecule has 1 rings (SSSR count). The summed E-state index contributed by atoms with van der Waals surface area (Å²) in [6, 6.07) is 0. The van der Waals surface area contributed by atoms with Gasteiger partial charge in [-0.3, -0.25) is 9.59 Å². The van der Waals surface area contributed by atoms with E-state index in [2.05, 4.69) is 12.2 Å². The maximum absolute atomic E-state index is 11.8. The first kappa shape index (κ1) is 18.0. The zero-order chi connectivity index (χ0) is 15.7. The summed E-state index contributed by atoms with van der Waals surface area (Å²) < 4.78 is 0. The van der Waals surface area contributed by atoms with E-state index in [-0.39, 0.29) is 12.5 Å². The molecule has 1 fully saturated rings. The minimum absolute atomic E-state index is 0.0259. The van der Waals surface area contributed by atoms with Crippen LogP contribution in [0.15, 0.2) is 0 Å². The van der Waals surface area contributed by atoms with E-state index < -0.39 is 11.4 Å². The third-order valence-electron chi connectivity index (χ3n) is 4.67. The normalized spacial score (nSPS) is 25.5. The summed E-state index contributed by atoms with van der Waals surface area (Å²) in [5, 5.41) is 12.3. The van der Waals surface area contributed by atoms with Gasteiger partial charge in [0.05, 0.1) is 5.41 Å². The molecule has 0 saturated heterocycles. The lowest BCUT2D eigenvalue weighted by molar-refractivity contribution is -0.151. The van der Waals surface area contributed by atoms with Gasteiger partial charge < -0.3 is 16.2 Å². The van der Waals surface area contributed by atoms with Crippen LogP contribution in [0.3, 0.4) is 0 Å². The lowest BCUT2D eigenvalue weighted by Crippen LogP contribution is -2.45. The lowest BCUT2D eigenvalue weighted by Gasteiger charge is -2.35. The van der Waals surface area contributed by atoms with E-state index in [0.717, 1.165) is 38.5 Å². The minimum Gasteiger partial charge on any atom is -0.481 e. The van der Waals surface area contributed by atoms with Crippen molar-refractivity contribution in [3.63, 3.8) is 0 Å². The third kappa shape index (κ3) is 6.04. The average molecular weight is 298 g/mol. The Hall–Kier alpha value is -1.10. The summed E-state index contributed by atoms with van der Waals surface area (Å²) in [7, 11) is 0. The van der Waals surface area contributed by atoms with Gasteiger partial charge in [-0.15, -0.1) is 0 Å². The summed E-state index contributed by atoms with van der Waals surface area (Å²) in [5.74, 6) is -0.199. The monoisotopic (exact) mass is 298 g/mol. The highest BCUT2D eigenvalue weighted by molar-refractivity contribution is 5.79. The van der Waals surface area contributed by atoms with Crippen molar-refractivity contribution in [2.75, 3.05) is 13.1 Å². The number of nitrogens with one attached hydrogen (secondary N) is 1. The van der Waals surface area contributed by atoms with E-state index >= 15 is 0 Å². The van der Waals surface area contributed by atoms with E-state index in [4.69, 9.17) is 5.73 Å². The van der Waals surface area contributed by atoms with E-state index in [1.54, 1.807) is 0 Å². The maximum Gasteiger partial charge on any atom is 0.311 e. The van der Waals surface area contributed by atoms with Crippen LogP contribution in [0.4, 0.5) is 0 Å².